The van der Waals surface area contributed by atoms with E-state index in [-0.39, 0.29) is 44.3 Å². The topological polar surface area (TPSA) is 135 Å². The maximum Gasteiger partial charge on any atom is 0.335 e. The standard InChI is InChI=1S/C46H63Cl2N3O7S/c1-3-5-7-9-10-11-12-13-14-15-16-17-18-19-20-25-31-51-44(49-39-28-22-24-30-41(39)59(51,55)56)43(58-42-36(47)33-35(46(53)54)34-37(42)48)45(52)50-38-27-21-23-29-40(38)57-32-26-8-6-4-2/h21-24,27-30,33-34,43H,3-20,25-26,31-32H2,1-2H3,(H,50,52)(H,53,54). The number of amidine groups is 1. The van der Waals surface area contributed by atoms with E-state index in [9.17, 15) is 23.1 Å². The Bertz CT molecular complexity index is 1900. The lowest BCUT2D eigenvalue weighted by Gasteiger charge is -2.33. The van der Waals surface area contributed by atoms with Gasteiger partial charge in [-0.05, 0) is 49.2 Å². The quantitative estimate of drug-likeness (QED) is 0.0663. The van der Waals surface area contributed by atoms with Gasteiger partial charge in [0.15, 0.2) is 11.6 Å². The van der Waals surface area contributed by atoms with Crippen LogP contribution in [0.15, 0.2) is 70.6 Å². The van der Waals surface area contributed by atoms with Crippen molar-refractivity contribution in [3.8, 4) is 11.5 Å². The molecule has 1 unspecified atom stereocenters. The smallest absolute Gasteiger partial charge is 0.335 e. The second kappa shape index (κ2) is 25.7. The average molecular weight is 873 g/mol. The zero-order chi connectivity index (χ0) is 42.5. The summed E-state index contributed by atoms with van der Waals surface area (Å²) in [6.07, 6.45) is 21.2. The highest BCUT2D eigenvalue weighted by atomic mass is 35.5. The van der Waals surface area contributed by atoms with E-state index in [0.717, 1.165) is 67.8 Å². The molecular weight excluding hydrogens is 809 g/mol. The fourth-order valence-electron chi connectivity index (χ4n) is 7.16. The van der Waals surface area contributed by atoms with E-state index in [1.807, 2.05) is 0 Å². The fraction of sp³-hybridized carbons (Fsp3) is 0.543. The summed E-state index contributed by atoms with van der Waals surface area (Å²) in [5.41, 5.74) is 0.320. The van der Waals surface area contributed by atoms with Crippen LogP contribution in [0.25, 0.3) is 0 Å². The number of halogens is 2. The third-order valence-electron chi connectivity index (χ3n) is 10.5. The summed E-state index contributed by atoms with van der Waals surface area (Å²) in [6.45, 7) is 4.88. The van der Waals surface area contributed by atoms with Gasteiger partial charge in [-0.1, -0.05) is 177 Å². The fourth-order valence-corrected chi connectivity index (χ4v) is 9.35. The molecule has 324 valence electrons. The first-order chi connectivity index (χ1) is 28.6. The molecule has 1 heterocycles. The van der Waals surface area contributed by atoms with E-state index in [4.69, 9.17) is 37.7 Å². The van der Waals surface area contributed by atoms with Gasteiger partial charge < -0.3 is 19.9 Å². The van der Waals surface area contributed by atoms with Gasteiger partial charge in [-0.15, -0.1) is 0 Å². The summed E-state index contributed by atoms with van der Waals surface area (Å²) in [5.74, 6) is -1.95. The van der Waals surface area contributed by atoms with Crippen LogP contribution in [-0.4, -0.2) is 54.8 Å². The highest BCUT2D eigenvalue weighted by Crippen LogP contribution is 2.38. The number of hydrogen-bond donors (Lipinski definition) is 2. The lowest BCUT2D eigenvalue weighted by molar-refractivity contribution is -0.120. The third-order valence-corrected chi connectivity index (χ3v) is 12.9. The number of benzene rings is 3. The summed E-state index contributed by atoms with van der Waals surface area (Å²) in [5, 5.41) is 12.1. The van der Waals surface area contributed by atoms with Crippen LogP contribution in [0.4, 0.5) is 11.4 Å². The molecule has 1 aliphatic rings. The first kappa shape index (κ1) is 47.9. The molecule has 1 atom stereocenters. The van der Waals surface area contributed by atoms with E-state index < -0.39 is 28.0 Å². The third kappa shape index (κ3) is 15.0. The minimum absolute atomic E-state index is 0.0168. The number of unbranched alkanes of at least 4 members (excludes halogenated alkanes) is 18. The SMILES string of the molecule is CCCCCCCCCCCCCCCCCCN1C(C(Oc2c(Cl)cc(C(=O)O)cc2Cl)C(=O)Nc2ccccc2OCCCCCC)=Nc2ccccc2S1(=O)=O. The minimum atomic E-state index is -4.19. The van der Waals surface area contributed by atoms with Crippen LogP contribution >= 0.6 is 23.2 Å². The molecule has 4 rings (SSSR count). The monoisotopic (exact) mass is 871 g/mol. The molecule has 0 radical (unpaired) electrons. The normalized spacial score (nSPS) is 13.7. The second-order valence-corrected chi connectivity index (χ2v) is 17.9. The molecule has 0 fully saturated rings. The Labute approximate surface area is 362 Å². The Balaban J connectivity index is 1.50. The number of anilines is 1. The van der Waals surface area contributed by atoms with Crippen molar-refractivity contribution in [2.45, 2.75) is 153 Å². The second-order valence-electron chi connectivity index (χ2n) is 15.3. The predicted octanol–water partition coefficient (Wildman–Crippen LogP) is 13.0. The molecule has 0 bridgehead atoms. The molecule has 59 heavy (non-hydrogen) atoms. The number of fused-ring (bicyclic) bond motifs is 1. The van der Waals surface area contributed by atoms with Crippen molar-refractivity contribution in [1.82, 2.24) is 4.31 Å². The first-order valence-electron chi connectivity index (χ1n) is 21.7. The van der Waals surface area contributed by atoms with Crippen LogP contribution in [0.1, 0.15) is 153 Å². The summed E-state index contributed by atoms with van der Waals surface area (Å²) in [6, 6.07) is 15.6. The minimum Gasteiger partial charge on any atom is -0.491 e. The molecule has 1 amide bonds. The highest BCUT2D eigenvalue weighted by Gasteiger charge is 2.42. The molecule has 0 spiro atoms. The number of amides is 1. The Morgan fingerprint density at radius 1 is 0.729 bits per heavy atom. The zero-order valence-corrected chi connectivity index (χ0v) is 37.2. The van der Waals surface area contributed by atoms with Crippen LogP contribution in [0.5, 0.6) is 11.5 Å². The molecular formula is C46H63Cl2N3O7S. The van der Waals surface area contributed by atoms with Gasteiger partial charge in [0.25, 0.3) is 15.9 Å². The van der Waals surface area contributed by atoms with Crippen molar-refractivity contribution in [3.63, 3.8) is 0 Å². The average Bonchev–Trinajstić information content (AvgIpc) is 3.21. The molecule has 3 aromatic carbocycles. The number of para-hydroxylation sites is 3. The zero-order valence-electron chi connectivity index (χ0n) is 34.9. The Hall–Kier alpha value is -3.80. The Morgan fingerprint density at radius 2 is 1.24 bits per heavy atom. The van der Waals surface area contributed by atoms with Gasteiger partial charge in [-0.3, -0.25) is 4.79 Å². The first-order valence-corrected chi connectivity index (χ1v) is 23.9. The van der Waals surface area contributed by atoms with Crippen molar-refractivity contribution >= 4 is 62.3 Å². The lowest BCUT2D eigenvalue weighted by Crippen LogP contribution is -2.52. The summed E-state index contributed by atoms with van der Waals surface area (Å²) in [7, 11) is -4.19. The molecule has 10 nitrogen and oxygen atoms in total. The molecule has 1 aliphatic heterocycles. The largest absolute Gasteiger partial charge is 0.491 e. The number of carbonyl (C=O) groups is 2. The predicted molar refractivity (Wildman–Crippen MR) is 240 cm³/mol. The molecule has 13 heteroatoms. The molecule has 0 saturated heterocycles. The van der Waals surface area contributed by atoms with E-state index in [2.05, 4.69) is 19.2 Å². The van der Waals surface area contributed by atoms with Crippen LogP contribution in [0, 0.1) is 0 Å². The number of carboxylic acids is 1. The van der Waals surface area contributed by atoms with Crippen molar-refractivity contribution in [1.29, 1.82) is 0 Å². The van der Waals surface area contributed by atoms with Gasteiger partial charge in [0.2, 0.25) is 6.10 Å². The number of carbonyl (C=O) groups excluding carboxylic acids is 1. The van der Waals surface area contributed by atoms with Crippen molar-refractivity contribution in [2.75, 3.05) is 18.5 Å². The van der Waals surface area contributed by atoms with E-state index in [1.54, 1.807) is 42.5 Å². The van der Waals surface area contributed by atoms with Gasteiger partial charge >= 0.3 is 5.97 Å². The van der Waals surface area contributed by atoms with Gasteiger partial charge in [-0.2, -0.15) is 0 Å². The van der Waals surface area contributed by atoms with E-state index >= 15 is 0 Å². The maximum atomic E-state index is 14.5. The van der Waals surface area contributed by atoms with Crippen LogP contribution in [-0.2, 0) is 14.8 Å². The summed E-state index contributed by atoms with van der Waals surface area (Å²) < 4.78 is 42.2. The van der Waals surface area contributed by atoms with Crippen LogP contribution in [0.2, 0.25) is 10.0 Å². The number of carboxylic acid groups (broad SMARTS) is 1. The molecule has 2 N–H and O–H groups in total. The van der Waals surface area contributed by atoms with Crippen molar-refractivity contribution in [3.05, 3.63) is 76.3 Å². The number of rotatable bonds is 29. The number of nitrogens with zero attached hydrogens (tertiary/aromatic N) is 2. The van der Waals surface area contributed by atoms with E-state index in [1.165, 1.54) is 76.7 Å². The number of aromatic carboxylic acids is 1. The molecule has 0 saturated carbocycles. The molecule has 0 aromatic heterocycles. The number of hydrogen-bond acceptors (Lipinski definition) is 7. The highest BCUT2D eigenvalue weighted by molar-refractivity contribution is 7.90. The van der Waals surface area contributed by atoms with E-state index in [0.29, 0.717) is 24.5 Å². The van der Waals surface area contributed by atoms with Gasteiger partial charge in [-0.25, -0.2) is 22.5 Å². The van der Waals surface area contributed by atoms with Gasteiger partial charge in [0.05, 0.1) is 33.6 Å². The molecule has 3 aromatic rings. The Morgan fingerprint density at radius 3 is 1.81 bits per heavy atom. The summed E-state index contributed by atoms with van der Waals surface area (Å²) >= 11 is 13.1. The molecule has 0 aliphatic carbocycles. The lowest BCUT2D eigenvalue weighted by atomic mass is 10.0. The van der Waals surface area contributed by atoms with Gasteiger partial charge in [0.1, 0.15) is 10.6 Å². The van der Waals surface area contributed by atoms with Crippen LogP contribution < -0.4 is 14.8 Å². The summed E-state index contributed by atoms with van der Waals surface area (Å²) in [4.78, 5) is 31.0. The number of sulfonamides is 1. The van der Waals surface area contributed by atoms with Crippen molar-refractivity contribution < 1.29 is 32.6 Å². The van der Waals surface area contributed by atoms with Crippen LogP contribution in [0.3, 0.4) is 0 Å². The number of aliphatic imine (C=N–C) groups is 1. The van der Waals surface area contributed by atoms with Crippen molar-refractivity contribution in [2.24, 2.45) is 4.99 Å². The Kier molecular flexibility index (Phi) is 20.9. The van der Waals surface area contributed by atoms with Gasteiger partial charge in [0, 0.05) is 6.54 Å². The number of nitrogens with one attached hydrogen (secondary N) is 1. The number of ether oxygens (including phenoxy) is 2. The maximum absolute atomic E-state index is 14.5.